The standard InChI is InChI=1S/C16H26N4O3S/c1-4-20(13(2)3)15-8-6-14(7-9-15)18-16(21)12-19-11-5-10-17-24(19,22)23/h6-9,13,17H,4-5,10-12H2,1-3H3,(H,18,21). The topological polar surface area (TPSA) is 81.8 Å². The van der Waals surface area contributed by atoms with Gasteiger partial charge >= 0.3 is 0 Å². The zero-order chi connectivity index (χ0) is 17.7. The van der Waals surface area contributed by atoms with Crippen molar-refractivity contribution in [2.24, 2.45) is 0 Å². The van der Waals surface area contributed by atoms with Gasteiger partial charge in [-0.1, -0.05) is 0 Å². The molecule has 1 saturated heterocycles. The van der Waals surface area contributed by atoms with Crippen molar-refractivity contribution in [3.8, 4) is 0 Å². The SMILES string of the molecule is CCN(c1ccc(NC(=O)CN2CCCNS2(=O)=O)cc1)C(C)C. The molecule has 134 valence electrons. The molecule has 8 heteroatoms. The summed E-state index contributed by atoms with van der Waals surface area (Å²) in [6.07, 6.45) is 0.698. The monoisotopic (exact) mass is 354 g/mol. The first-order valence-electron chi connectivity index (χ1n) is 8.24. The van der Waals surface area contributed by atoms with Crippen LogP contribution in [0, 0.1) is 0 Å². The van der Waals surface area contributed by atoms with E-state index >= 15 is 0 Å². The number of nitrogens with one attached hydrogen (secondary N) is 2. The summed E-state index contributed by atoms with van der Waals surface area (Å²) in [5.41, 5.74) is 1.75. The minimum absolute atomic E-state index is 0.176. The zero-order valence-electron chi connectivity index (χ0n) is 14.4. The summed E-state index contributed by atoms with van der Waals surface area (Å²) >= 11 is 0. The summed E-state index contributed by atoms with van der Waals surface area (Å²) in [6, 6.07) is 7.98. The van der Waals surface area contributed by atoms with E-state index < -0.39 is 10.2 Å². The van der Waals surface area contributed by atoms with Crippen LogP contribution in [0.5, 0.6) is 0 Å². The Kier molecular flexibility index (Phi) is 6.20. The van der Waals surface area contributed by atoms with Crippen LogP contribution in [0.4, 0.5) is 11.4 Å². The molecule has 0 aromatic heterocycles. The first-order valence-corrected chi connectivity index (χ1v) is 9.68. The maximum atomic E-state index is 12.1. The second-order valence-corrected chi connectivity index (χ2v) is 7.82. The van der Waals surface area contributed by atoms with Crippen LogP contribution in [-0.4, -0.2) is 50.9 Å². The highest BCUT2D eigenvalue weighted by Crippen LogP contribution is 2.20. The van der Waals surface area contributed by atoms with Gasteiger partial charge in [-0.15, -0.1) is 0 Å². The largest absolute Gasteiger partial charge is 0.369 e. The van der Waals surface area contributed by atoms with Gasteiger partial charge in [-0.25, -0.2) is 4.72 Å². The molecule has 0 atom stereocenters. The maximum absolute atomic E-state index is 12.1. The molecule has 1 aliphatic rings. The smallest absolute Gasteiger partial charge is 0.279 e. The molecule has 0 radical (unpaired) electrons. The van der Waals surface area contributed by atoms with Crippen LogP contribution in [0.15, 0.2) is 24.3 Å². The molecule has 0 unspecified atom stereocenters. The van der Waals surface area contributed by atoms with Gasteiger partial charge in [-0.2, -0.15) is 12.7 Å². The fourth-order valence-electron chi connectivity index (χ4n) is 2.77. The quantitative estimate of drug-likeness (QED) is 0.809. The lowest BCUT2D eigenvalue weighted by molar-refractivity contribution is -0.116. The molecule has 2 N–H and O–H groups in total. The number of benzene rings is 1. The van der Waals surface area contributed by atoms with E-state index in [0.29, 0.717) is 31.2 Å². The van der Waals surface area contributed by atoms with Crippen molar-refractivity contribution in [2.45, 2.75) is 33.2 Å². The Balaban J connectivity index is 1.97. The van der Waals surface area contributed by atoms with Gasteiger partial charge in [0.1, 0.15) is 0 Å². The summed E-state index contributed by atoms with van der Waals surface area (Å²) in [6.45, 7) is 7.88. The van der Waals surface area contributed by atoms with Gasteiger partial charge in [0, 0.05) is 37.1 Å². The molecule has 1 aliphatic heterocycles. The Morgan fingerprint density at radius 1 is 1.33 bits per heavy atom. The van der Waals surface area contributed by atoms with Crippen LogP contribution in [0.1, 0.15) is 27.2 Å². The van der Waals surface area contributed by atoms with Crippen LogP contribution in [0.2, 0.25) is 0 Å². The predicted molar refractivity (Wildman–Crippen MR) is 96.3 cm³/mol. The van der Waals surface area contributed by atoms with E-state index in [4.69, 9.17) is 0 Å². The minimum atomic E-state index is -3.53. The van der Waals surface area contributed by atoms with Gasteiger partial charge < -0.3 is 10.2 Å². The number of carbonyl (C=O) groups is 1. The van der Waals surface area contributed by atoms with E-state index in [2.05, 4.69) is 35.7 Å². The van der Waals surface area contributed by atoms with E-state index in [-0.39, 0.29) is 12.5 Å². The Morgan fingerprint density at radius 3 is 2.54 bits per heavy atom. The van der Waals surface area contributed by atoms with E-state index in [1.807, 2.05) is 24.3 Å². The fourth-order valence-corrected chi connectivity index (χ4v) is 4.02. The minimum Gasteiger partial charge on any atom is -0.369 e. The van der Waals surface area contributed by atoms with Crippen LogP contribution in [0.3, 0.4) is 0 Å². The average molecular weight is 354 g/mol. The van der Waals surface area contributed by atoms with E-state index in [1.54, 1.807) is 0 Å². The molecular formula is C16H26N4O3S. The molecule has 1 heterocycles. The van der Waals surface area contributed by atoms with Crippen LogP contribution in [0.25, 0.3) is 0 Å². The molecule has 0 bridgehead atoms. The molecular weight excluding hydrogens is 328 g/mol. The number of carbonyl (C=O) groups excluding carboxylic acids is 1. The van der Waals surface area contributed by atoms with E-state index in [0.717, 1.165) is 16.5 Å². The third kappa shape index (κ3) is 4.68. The molecule has 0 spiro atoms. The molecule has 1 fully saturated rings. The first kappa shape index (κ1) is 18.7. The van der Waals surface area contributed by atoms with E-state index in [1.165, 1.54) is 0 Å². The summed E-state index contributed by atoms with van der Waals surface area (Å²) in [7, 11) is -3.53. The van der Waals surface area contributed by atoms with Crippen LogP contribution < -0.4 is 14.9 Å². The Morgan fingerprint density at radius 2 is 2.00 bits per heavy atom. The maximum Gasteiger partial charge on any atom is 0.279 e. The van der Waals surface area contributed by atoms with Gasteiger partial charge in [0.25, 0.3) is 10.2 Å². The van der Waals surface area contributed by atoms with E-state index in [9.17, 15) is 13.2 Å². The number of amides is 1. The summed E-state index contributed by atoms with van der Waals surface area (Å²) in [5, 5.41) is 2.75. The number of hydrogen-bond donors (Lipinski definition) is 2. The van der Waals surface area contributed by atoms with Crippen LogP contribution >= 0.6 is 0 Å². The fraction of sp³-hybridized carbons (Fsp3) is 0.562. The molecule has 2 rings (SSSR count). The van der Waals surface area contributed by atoms with Crippen molar-refractivity contribution < 1.29 is 13.2 Å². The molecule has 1 aromatic rings. The normalized spacial score (nSPS) is 17.7. The first-order chi connectivity index (χ1) is 11.3. The Bertz CT molecular complexity index is 658. The third-order valence-corrected chi connectivity index (χ3v) is 5.54. The number of hydrogen-bond acceptors (Lipinski definition) is 4. The lowest BCUT2D eigenvalue weighted by Crippen LogP contribution is -2.49. The van der Waals surface area contributed by atoms with Gasteiger partial charge in [0.15, 0.2) is 0 Å². The highest BCUT2D eigenvalue weighted by molar-refractivity contribution is 7.87. The number of rotatable bonds is 6. The number of anilines is 2. The second kappa shape index (κ2) is 7.96. The molecule has 7 nitrogen and oxygen atoms in total. The van der Waals surface area contributed by atoms with Gasteiger partial charge in [-0.3, -0.25) is 4.79 Å². The molecule has 1 amide bonds. The highest BCUT2D eigenvalue weighted by atomic mass is 32.2. The summed E-state index contributed by atoms with van der Waals surface area (Å²) in [4.78, 5) is 14.3. The third-order valence-electron chi connectivity index (χ3n) is 3.98. The van der Waals surface area contributed by atoms with Crippen molar-refractivity contribution in [2.75, 3.05) is 36.4 Å². The summed E-state index contributed by atoms with van der Waals surface area (Å²) < 4.78 is 27.2. The van der Waals surface area contributed by atoms with Crippen molar-refractivity contribution >= 4 is 27.5 Å². The number of nitrogens with zero attached hydrogens (tertiary/aromatic N) is 2. The van der Waals surface area contributed by atoms with Crippen LogP contribution in [-0.2, 0) is 15.0 Å². The van der Waals surface area contributed by atoms with Crippen molar-refractivity contribution in [3.05, 3.63) is 24.3 Å². The van der Waals surface area contributed by atoms with Crippen molar-refractivity contribution in [1.29, 1.82) is 0 Å². The molecule has 0 saturated carbocycles. The summed E-state index contributed by atoms with van der Waals surface area (Å²) in [5.74, 6) is -0.341. The zero-order valence-corrected chi connectivity index (χ0v) is 15.3. The van der Waals surface area contributed by atoms with Gasteiger partial charge in [0.05, 0.1) is 6.54 Å². The molecule has 1 aromatic carbocycles. The highest BCUT2D eigenvalue weighted by Gasteiger charge is 2.27. The lowest BCUT2D eigenvalue weighted by Gasteiger charge is -2.28. The lowest BCUT2D eigenvalue weighted by atomic mass is 10.2. The predicted octanol–water partition coefficient (Wildman–Crippen LogP) is 1.40. The van der Waals surface area contributed by atoms with Crippen molar-refractivity contribution in [3.63, 3.8) is 0 Å². The molecule has 24 heavy (non-hydrogen) atoms. The second-order valence-electron chi connectivity index (χ2n) is 6.06. The average Bonchev–Trinajstić information content (AvgIpc) is 2.51. The van der Waals surface area contributed by atoms with Crippen molar-refractivity contribution in [1.82, 2.24) is 9.03 Å². The Hall–Kier alpha value is -1.64. The Labute approximate surface area is 144 Å². The molecule has 0 aliphatic carbocycles. The van der Waals surface area contributed by atoms with Gasteiger partial charge in [-0.05, 0) is 51.5 Å². The van der Waals surface area contributed by atoms with Gasteiger partial charge in [0.2, 0.25) is 5.91 Å².